The second-order valence-corrected chi connectivity index (χ2v) is 9.86. The number of benzene rings is 2. The van der Waals surface area contributed by atoms with E-state index in [0.29, 0.717) is 5.56 Å². The van der Waals surface area contributed by atoms with Crippen LogP contribution in [0.5, 0.6) is 0 Å². The molecule has 0 aliphatic heterocycles. The minimum Gasteiger partial charge on any atom is -0.352 e. The van der Waals surface area contributed by atoms with Crippen molar-refractivity contribution in [3.05, 3.63) is 80.5 Å². The van der Waals surface area contributed by atoms with Crippen molar-refractivity contribution in [3.63, 3.8) is 0 Å². The van der Waals surface area contributed by atoms with E-state index in [4.69, 9.17) is 0 Å². The molecule has 4 aromatic rings. The van der Waals surface area contributed by atoms with Gasteiger partial charge in [0.15, 0.2) is 0 Å². The van der Waals surface area contributed by atoms with Crippen LogP contribution >= 0.6 is 0 Å². The number of aromatic nitrogens is 4. The highest BCUT2D eigenvalue weighted by molar-refractivity contribution is 5.98. The molecule has 1 aliphatic rings. The highest BCUT2D eigenvalue weighted by Gasteiger charge is 2.22. The minimum absolute atomic E-state index is 0.0778. The number of carbonyl (C=O) groups excluding carboxylic acids is 2. The summed E-state index contributed by atoms with van der Waals surface area (Å²) in [7, 11) is 0. The monoisotopic (exact) mass is 502 g/mol. The van der Waals surface area contributed by atoms with Crippen molar-refractivity contribution >= 4 is 28.5 Å². The van der Waals surface area contributed by atoms with Crippen LogP contribution in [0.4, 0.5) is 0 Å². The van der Waals surface area contributed by atoms with Crippen LogP contribution in [0.15, 0.2) is 58.1 Å². The molecule has 10 nitrogen and oxygen atoms in total. The fourth-order valence-electron chi connectivity index (χ4n) is 4.89. The average Bonchev–Trinajstić information content (AvgIpc) is 3.49. The van der Waals surface area contributed by atoms with Crippen LogP contribution in [0.25, 0.3) is 16.7 Å². The number of nitrogens with zero attached hydrogens (tertiary/aromatic N) is 4. The lowest BCUT2D eigenvalue weighted by atomic mass is 10.1. The van der Waals surface area contributed by atoms with E-state index in [-0.39, 0.29) is 59.2 Å². The topological polar surface area (TPSA) is 120 Å². The second kappa shape index (κ2) is 10.0. The van der Waals surface area contributed by atoms with Crippen LogP contribution in [-0.4, -0.2) is 42.6 Å². The molecule has 0 spiro atoms. The largest absolute Gasteiger partial charge is 0.352 e. The molecule has 2 N–H and O–H groups in total. The van der Waals surface area contributed by atoms with Crippen LogP contribution in [-0.2, 0) is 17.9 Å². The summed E-state index contributed by atoms with van der Waals surface area (Å²) < 4.78 is 3.83. The molecule has 0 bridgehead atoms. The van der Waals surface area contributed by atoms with Crippen LogP contribution in [0.3, 0.4) is 0 Å². The van der Waals surface area contributed by atoms with Crippen molar-refractivity contribution in [1.82, 2.24) is 29.4 Å². The van der Waals surface area contributed by atoms with Crippen LogP contribution in [0, 0.1) is 0 Å². The fourth-order valence-corrected chi connectivity index (χ4v) is 4.89. The summed E-state index contributed by atoms with van der Waals surface area (Å²) in [6.45, 7) is 3.64. The van der Waals surface area contributed by atoms with Gasteiger partial charge < -0.3 is 10.6 Å². The summed E-state index contributed by atoms with van der Waals surface area (Å²) in [6, 6.07) is 14.1. The van der Waals surface area contributed by atoms with E-state index in [1.807, 2.05) is 44.2 Å². The number of hydrogen-bond donors (Lipinski definition) is 2. The van der Waals surface area contributed by atoms with Gasteiger partial charge >= 0.3 is 5.69 Å². The van der Waals surface area contributed by atoms with E-state index < -0.39 is 5.69 Å². The van der Waals surface area contributed by atoms with E-state index in [1.54, 1.807) is 12.1 Å². The van der Waals surface area contributed by atoms with Crippen molar-refractivity contribution in [1.29, 1.82) is 0 Å². The van der Waals surface area contributed by atoms with Gasteiger partial charge in [0.05, 0.1) is 17.4 Å². The summed E-state index contributed by atoms with van der Waals surface area (Å²) in [6.07, 6.45) is 4.00. The molecule has 192 valence electrons. The Morgan fingerprint density at radius 2 is 1.78 bits per heavy atom. The van der Waals surface area contributed by atoms with Gasteiger partial charge in [-0.3, -0.25) is 19.0 Å². The van der Waals surface area contributed by atoms with Gasteiger partial charge in [-0.15, -0.1) is 5.10 Å². The number of hydrogen-bond acceptors (Lipinski definition) is 5. The van der Waals surface area contributed by atoms with E-state index in [0.717, 1.165) is 35.9 Å². The molecule has 1 fully saturated rings. The quantitative estimate of drug-likeness (QED) is 0.401. The first-order chi connectivity index (χ1) is 17.8. The molecule has 5 rings (SSSR count). The zero-order valence-electron chi connectivity index (χ0n) is 20.9. The summed E-state index contributed by atoms with van der Waals surface area (Å²) in [4.78, 5) is 52.5. The molecule has 0 saturated heterocycles. The molecule has 0 unspecified atom stereocenters. The first kappa shape index (κ1) is 24.5. The first-order valence-electron chi connectivity index (χ1n) is 12.6. The van der Waals surface area contributed by atoms with E-state index in [9.17, 15) is 19.2 Å². The van der Waals surface area contributed by atoms with Gasteiger partial charge in [0.2, 0.25) is 11.7 Å². The zero-order valence-corrected chi connectivity index (χ0v) is 20.9. The number of fused-ring (bicyclic) bond motifs is 3. The predicted molar refractivity (Wildman–Crippen MR) is 140 cm³/mol. The number of rotatable bonds is 7. The standard InChI is InChI=1S/C27H30N6O4/c1-17(2)28-24(35)19-12-13-21-22(14-19)33-26(31(25(21)36)15-18-8-4-3-5-9-18)30-32(27(33)37)16-23(34)29-20-10-6-7-11-20/h3-5,8-9,12-14,17,20H,6-7,10-11,15-16H2,1-2H3,(H,28,35)(H,29,34). The molecule has 2 aromatic heterocycles. The highest BCUT2D eigenvalue weighted by Crippen LogP contribution is 2.18. The van der Waals surface area contributed by atoms with Crippen molar-refractivity contribution in [2.75, 3.05) is 0 Å². The summed E-state index contributed by atoms with van der Waals surface area (Å²) >= 11 is 0. The maximum atomic E-state index is 13.6. The fraction of sp³-hybridized carbons (Fsp3) is 0.370. The third kappa shape index (κ3) is 4.91. The summed E-state index contributed by atoms with van der Waals surface area (Å²) in [5.41, 5.74) is 0.564. The molecule has 37 heavy (non-hydrogen) atoms. The molecule has 0 radical (unpaired) electrons. The summed E-state index contributed by atoms with van der Waals surface area (Å²) in [5.74, 6) is -0.494. The second-order valence-electron chi connectivity index (χ2n) is 9.86. The van der Waals surface area contributed by atoms with Crippen LogP contribution in [0.2, 0.25) is 0 Å². The average molecular weight is 503 g/mol. The Morgan fingerprint density at radius 3 is 2.49 bits per heavy atom. The smallest absolute Gasteiger partial charge is 0.352 e. The van der Waals surface area contributed by atoms with E-state index in [1.165, 1.54) is 15.0 Å². The summed E-state index contributed by atoms with van der Waals surface area (Å²) in [5, 5.41) is 10.5. The molecular weight excluding hydrogens is 472 g/mol. The molecule has 1 saturated carbocycles. The van der Waals surface area contributed by atoms with Crippen LogP contribution in [0.1, 0.15) is 55.5 Å². The molecular formula is C27H30N6O4. The van der Waals surface area contributed by atoms with E-state index >= 15 is 0 Å². The number of carbonyl (C=O) groups is 2. The Labute approximate surface area is 212 Å². The molecule has 0 atom stereocenters. The SMILES string of the molecule is CC(C)NC(=O)c1ccc2c(=O)n(Cc3ccccc3)c3nn(CC(=O)NC4CCCC4)c(=O)n3c2c1. The molecule has 2 amide bonds. The Morgan fingerprint density at radius 1 is 1.05 bits per heavy atom. The number of nitrogens with one attached hydrogen (secondary N) is 2. The lowest BCUT2D eigenvalue weighted by molar-refractivity contribution is -0.122. The zero-order chi connectivity index (χ0) is 26.1. The Balaban J connectivity index is 1.66. The lowest BCUT2D eigenvalue weighted by Crippen LogP contribution is -2.37. The van der Waals surface area contributed by atoms with Gasteiger partial charge in [0.25, 0.3) is 11.5 Å². The maximum absolute atomic E-state index is 13.6. The van der Waals surface area contributed by atoms with Gasteiger partial charge in [0, 0.05) is 17.6 Å². The van der Waals surface area contributed by atoms with Crippen molar-refractivity contribution < 1.29 is 9.59 Å². The first-order valence-corrected chi connectivity index (χ1v) is 12.6. The van der Waals surface area contributed by atoms with Gasteiger partial charge in [0.1, 0.15) is 6.54 Å². The molecule has 10 heteroatoms. The normalized spacial score (nSPS) is 14.0. The van der Waals surface area contributed by atoms with E-state index in [2.05, 4.69) is 15.7 Å². The van der Waals surface area contributed by atoms with Crippen molar-refractivity contribution in [2.45, 2.75) is 64.7 Å². The Bertz CT molecular complexity index is 1590. The van der Waals surface area contributed by atoms with Crippen molar-refractivity contribution in [3.8, 4) is 0 Å². The van der Waals surface area contributed by atoms with Gasteiger partial charge in [-0.25, -0.2) is 13.9 Å². The van der Waals surface area contributed by atoms with Crippen molar-refractivity contribution in [2.24, 2.45) is 0 Å². The molecule has 1 aliphatic carbocycles. The Hall–Kier alpha value is -4.21. The molecule has 2 heterocycles. The maximum Gasteiger partial charge on any atom is 0.352 e. The van der Waals surface area contributed by atoms with Gasteiger partial charge in [-0.05, 0) is 50.5 Å². The predicted octanol–water partition coefficient (Wildman–Crippen LogP) is 2.06. The minimum atomic E-state index is -0.551. The third-order valence-corrected chi connectivity index (χ3v) is 6.66. The Kier molecular flexibility index (Phi) is 6.64. The number of amides is 2. The van der Waals surface area contributed by atoms with Gasteiger partial charge in [-0.2, -0.15) is 0 Å². The lowest BCUT2D eigenvalue weighted by Gasteiger charge is -2.12. The molecule has 2 aromatic carbocycles. The third-order valence-electron chi connectivity index (χ3n) is 6.66. The van der Waals surface area contributed by atoms with Gasteiger partial charge in [-0.1, -0.05) is 43.2 Å². The highest BCUT2D eigenvalue weighted by atomic mass is 16.2. The van der Waals surface area contributed by atoms with Crippen LogP contribution < -0.4 is 21.9 Å².